The molecule has 2 rings (SSSR count). The third-order valence-corrected chi connectivity index (χ3v) is 5.28. The van der Waals surface area contributed by atoms with E-state index in [-0.39, 0.29) is 23.5 Å². The van der Waals surface area contributed by atoms with Crippen LogP contribution in [-0.4, -0.2) is 26.0 Å². The molecule has 1 aliphatic rings. The lowest BCUT2D eigenvalue weighted by Gasteiger charge is -2.15. The Morgan fingerprint density at radius 2 is 2.05 bits per heavy atom. The molecule has 6 heteroatoms. The Hall–Kier alpha value is -1.01. The molecule has 1 fully saturated rings. The summed E-state index contributed by atoms with van der Waals surface area (Å²) in [5, 5.41) is 0. The molecule has 2 unspecified atom stereocenters. The minimum atomic E-state index is -2.89. The Bertz CT molecular complexity index is 560. The van der Waals surface area contributed by atoms with Crippen LogP contribution in [0.3, 0.4) is 0 Å². The quantitative estimate of drug-likeness (QED) is 0.917. The summed E-state index contributed by atoms with van der Waals surface area (Å²) < 4.78 is 48.5. The van der Waals surface area contributed by atoms with Crippen LogP contribution in [0.5, 0.6) is 0 Å². The van der Waals surface area contributed by atoms with E-state index in [1.807, 2.05) is 0 Å². The van der Waals surface area contributed by atoms with Crippen LogP contribution in [0, 0.1) is 17.6 Å². The highest BCUT2D eigenvalue weighted by Crippen LogP contribution is 2.23. The Kier molecular flexibility index (Phi) is 4.20. The molecule has 2 atom stereocenters. The van der Waals surface area contributed by atoms with Crippen LogP contribution in [-0.2, 0) is 16.3 Å². The molecule has 1 aromatic carbocycles. The molecule has 3 nitrogen and oxygen atoms in total. The maximum Gasteiger partial charge on any atom is 0.159 e. The molecule has 19 heavy (non-hydrogen) atoms. The van der Waals surface area contributed by atoms with Gasteiger partial charge in [-0.2, -0.15) is 0 Å². The molecule has 1 saturated heterocycles. The number of rotatable bonds is 4. The molecule has 0 amide bonds. The predicted molar refractivity (Wildman–Crippen MR) is 69.4 cm³/mol. The zero-order valence-corrected chi connectivity index (χ0v) is 11.3. The Labute approximate surface area is 111 Å². The van der Waals surface area contributed by atoms with Gasteiger partial charge in [0.05, 0.1) is 11.5 Å². The van der Waals surface area contributed by atoms with Gasteiger partial charge in [0.25, 0.3) is 0 Å². The van der Waals surface area contributed by atoms with Crippen molar-refractivity contribution in [3.8, 4) is 0 Å². The molecule has 106 valence electrons. The molecule has 0 saturated carbocycles. The summed E-state index contributed by atoms with van der Waals surface area (Å²) in [5.74, 6) is -1.24. The number of hydrogen-bond donors (Lipinski definition) is 1. The van der Waals surface area contributed by atoms with Crippen LogP contribution in [0.25, 0.3) is 0 Å². The lowest BCUT2D eigenvalue weighted by Crippen LogP contribution is -2.26. The van der Waals surface area contributed by atoms with Crippen molar-refractivity contribution < 1.29 is 17.2 Å². The maximum absolute atomic E-state index is 13.0. The normalized spacial score (nSPS) is 23.4. The van der Waals surface area contributed by atoms with Gasteiger partial charge in [0.15, 0.2) is 21.5 Å². The molecule has 0 aromatic heterocycles. The number of sulfone groups is 1. The smallest absolute Gasteiger partial charge is 0.159 e. The van der Waals surface area contributed by atoms with Crippen molar-refractivity contribution in [2.45, 2.75) is 25.3 Å². The maximum atomic E-state index is 13.0. The molecule has 1 aromatic rings. The van der Waals surface area contributed by atoms with Crippen molar-refractivity contribution >= 4 is 9.84 Å². The van der Waals surface area contributed by atoms with Crippen LogP contribution in [0.2, 0.25) is 0 Å². The first-order valence-corrected chi connectivity index (χ1v) is 8.08. The van der Waals surface area contributed by atoms with Gasteiger partial charge in [0, 0.05) is 6.04 Å². The van der Waals surface area contributed by atoms with Crippen LogP contribution in [0.1, 0.15) is 18.4 Å². The molecule has 0 spiro atoms. The monoisotopic (exact) mass is 289 g/mol. The van der Waals surface area contributed by atoms with E-state index in [2.05, 4.69) is 0 Å². The van der Waals surface area contributed by atoms with Gasteiger partial charge < -0.3 is 5.73 Å². The van der Waals surface area contributed by atoms with Crippen molar-refractivity contribution in [1.82, 2.24) is 0 Å². The fourth-order valence-corrected chi connectivity index (χ4v) is 4.42. The molecule has 2 N–H and O–H groups in total. The van der Waals surface area contributed by atoms with Crippen molar-refractivity contribution in [3.05, 3.63) is 35.4 Å². The number of halogens is 2. The van der Waals surface area contributed by atoms with Gasteiger partial charge in [-0.3, -0.25) is 0 Å². The van der Waals surface area contributed by atoms with Crippen LogP contribution >= 0.6 is 0 Å². The summed E-state index contributed by atoms with van der Waals surface area (Å²) >= 11 is 0. The summed E-state index contributed by atoms with van der Waals surface area (Å²) in [6.07, 6.45) is 1.67. The van der Waals surface area contributed by atoms with Gasteiger partial charge in [-0.05, 0) is 42.9 Å². The first-order chi connectivity index (χ1) is 8.85. The van der Waals surface area contributed by atoms with E-state index in [4.69, 9.17) is 5.73 Å². The summed E-state index contributed by atoms with van der Waals surface area (Å²) in [6.45, 7) is 0. The molecule has 0 bridgehead atoms. The fourth-order valence-electron chi connectivity index (χ4n) is 2.54. The zero-order chi connectivity index (χ0) is 14.0. The van der Waals surface area contributed by atoms with Crippen molar-refractivity contribution in [2.24, 2.45) is 11.7 Å². The van der Waals surface area contributed by atoms with E-state index in [0.717, 1.165) is 12.1 Å². The number of hydrogen-bond acceptors (Lipinski definition) is 3. The fraction of sp³-hybridized carbons (Fsp3) is 0.538. The van der Waals surface area contributed by atoms with E-state index in [0.29, 0.717) is 24.8 Å². The van der Waals surface area contributed by atoms with Gasteiger partial charge in [-0.15, -0.1) is 0 Å². The highest BCUT2D eigenvalue weighted by molar-refractivity contribution is 7.91. The van der Waals surface area contributed by atoms with Crippen molar-refractivity contribution in [2.75, 3.05) is 11.5 Å². The van der Waals surface area contributed by atoms with Gasteiger partial charge in [-0.1, -0.05) is 6.07 Å². The first-order valence-electron chi connectivity index (χ1n) is 6.25. The van der Waals surface area contributed by atoms with E-state index in [9.17, 15) is 17.2 Å². The second kappa shape index (κ2) is 5.54. The summed E-state index contributed by atoms with van der Waals surface area (Å²) in [4.78, 5) is 0. The van der Waals surface area contributed by atoms with Crippen molar-refractivity contribution in [1.29, 1.82) is 0 Å². The number of benzene rings is 1. The Balaban J connectivity index is 1.91. The minimum absolute atomic E-state index is 0.0882. The van der Waals surface area contributed by atoms with E-state index < -0.39 is 21.5 Å². The highest BCUT2D eigenvalue weighted by atomic mass is 32.2. The van der Waals surface area contributed by atoms with E-state index >= 15 is 0 Å². The summed E-state index contributed by atoms with van der Waals surface area (Å²) in [6, 6.07) is 3.49. The van der Waals surface area contributed by atoms with Crippen molar-refractivity contribution in [3.63, 3.8) is 0 Å². The Morgan fingerprint density at radius 3 is 2.63 bits per heavy atom. The molecule has 0 aliphatic carbocycles. The molecular formula is C13H17F2NO2S. The first kappa shape index (κ1) is 14.4. The average molecular weight is 289 g/mol. The molecular weight excluding hydrogens is 272 g/mol. The third kappa shape index (κ3) is 3.98. The Morgan fingerprint density at radius 1 is 1.32 bits per heavy atom. The SMILES string of the molecule is NC(Cc1ccc(F)c(F)c1)CC1CCS(=O)(=O)C1. The highest BCUT2D eigenvalue weighted by Gasteiger charge is 2.28. The largest absolute Gasteiger partial charge is 0.327 e. The topological polar surface area (TPSA) is 60.2 Å². The summed E-state index contributed by atoms with van der Waals surface area (Å²) in [7, 11) is -2.89. The van der Waals surface area contributed by atoms with Crippen LogP contribution in [0.15, 0.2) is 18.2 Å². The lowest BCUT2D eigenvalue weighted by molar-refractivity contribution is 0.466. The van der Waals surface area contributed by atoms with Gasteiger partial charge >= 0.3 is 0 Å². The molecule has 1 aliphatic heterocycles. The lowest BCUT2D eigenvalue weighted by atomic mass is 9.95. The predicted octanol–water partition coefficient (Wildman–Crippen LogP) is 1.66. The number of nitrogens with two attached hydrogens (primary N) is 1. The zero-order valence-electron chi connectivity index (χ0n) is 10.5. The van der Waals surface area contributed by atoms with Crippen LogP contribution in [0.4, 0.5) is 8.78 Å². The van der Waals surface area contributed by atoms with Crippen LogP contribution < -0.4 is 5.73 Å². The second-order valence-corrected chi connectivity index (χ2v) is 7.45. The van der Waals surface area contributed by atoms with Gasteiger partial charge in [0.2, 0.25) is 0 Å². The molecule has 0 radical (unpaired) electrons. The third-order valence-electron chi connectivity index (χ3n) is 3.44. The van der Waals surface area contributed by atoms with E-state index in [1.165, 1.54) is 6.07 Å². The minimum Gasteiger partial charge on any atom is -0.327 e. The summed E-state index contributed by atoms with van der Waals surface area (Å²) in [5.41, 5.74) is 6.58. The van der Waals surface area contributed by atoms with Gasteiger partial charge in [-0.25, -0.2) is 17.2 Å². The average Bonchev–Trinajstić information content (AvgIpc) is 2.63. The standard InChI is InChI=1S/C13H17F2NO2S/c14-12-2-1-9(7-13(12)15)5-11(16)6-10-3-4-19(17,18)8-10/h1-2,7,10-11H,3-6,8,16H2. The second-order valence-electron chi connectivity index (χ2n) is 5.22. The molecule has 1 heterocycles. The van der Waals surface area contributed by atoms with Gasteiger partial charge in [0.1, 0.15) is 0 Å². The van der Waals surface area contributed by atoms with E-state index in [1.54, 1.807) is 0 Å².